The molecule has 2 nitrogen and oxygen atoms in total. The van der Waals surface area contributed by atoms with Crippen LogP contribution in [0, 0.1) is 13.8 Å². The molecule has 130 valence electrons. The minimum Gasteiger partial charge on any atom is -0.460 e. The van der Waals surface area contributed by atoms with Crippen LogP contribution in [0.4, 0.5) is 0 Å². The fourth-order valence-corrected chi connectivity index (χ4v) is 5.20. The molecule has 1 atom stereocenters. The van der Waals surface area contributed by atoms with Gasteiger partial charge in [0.25, 0.3) is 0 Å². The maximum absolute atomic E-state index is 13.2. The third-order valence-electron chi connectivity index (χ3n) is 5.33. The molecule has 25 heavy (non-hydrogen) atoms. The summed E-state index contributed by atoms with van der Waals surface area (Å²) in [7, 11) is -1.22. The van der Waals surface area contributed by atoms with Crippen molar-refractivity contribution in [2.45, 2.75) is 61.7 Å². The van der Waals surface area contributed by atoms with Crippen molar-refractivity contribution in [1.82, 2.24) is 0 Å². The van der Waals surface area contributed by atoms with E-state index in [1.165, 1.54) is 43.2 Å². The van der Waals surface area contributed by atoms with E-state index in [1.54, 1.807) is 0 Å². The first-order valence-corrected chi connectivity index (χ1v) is 10.3. The molecule has 1 heterocycles. The van der Waals surface area contributed by atoms with Crippen molar-refractivity contribution >= 4 is 21.8 Å². The second-order valence-corrected chi connectivity index (χ2v) is 8.58. The Labute approximate surface area is 151 Å². The van der Waals surface area contributed by atoms with E-state index in [1.807, 2.05) is 38.1 Å². The van der Waals surface area contributed by atoms with Crippen molar-refractivity contribution in [2.75, 3.05) is 0 Å². The minimum absolute atomic E-state index is 0.633. The summed E-state index contributed by atoms with van der Waals surface area (Å²) in [6.07, 6.45) is 6.51. The molecule has 4 rings (SSSR count). The lowest BCUT2D eigenvalue weighted by Crippen LogP contribution is -2.04. The van der Waals surface area contributed by atoms with Gasteiger partial charge >= 0.3 is 0 Å². The lowest BCUT2D eigenvalue weighted by atomic mass is 9.84. The Morgan fingerprint density at radius 1 is 0.960 bits per heavy atom. The van der Waals surface area contributed by atoms with Gasteiger partial charge in [0.05, 0.1) is 15.7 Å². The number of hydrogen-bond acceptors (Lipinski definition) is 2. The Morgan fingerprint density at radius 2 is 1.68 bits per heavy atom. The number of furan rings is 1. The van der Waals surface area contributed by atoms with Crippen LogP contribution in [0.5, 0.6) is 0 Å². The first-order chi connectivity index (χ1) is 12.1. The predicted octanol–water partition coefficient (Wildman–Crippen LogP) is 6.26. The standard InChI is InChI=1S/C22H24O2S/c1-15-8-11-19(12-9-15)25(23)22-16(2)24-21-13-10-18(14-20(21)22)17-6-4-3-5-7-17/h8-14,17H,3-7H2,1-2H3. The summed E-state index contributed by atoms with van der Waals surface area (Å²) in [6.45, 7) is 3.96. The Hall–Kier alpha value is -1.87. The zero-order valence-electron chi connectivity index (χ0n) is 14.9. The highest BCUT2D eigenvalue weighted by Gasteiger charge is 2.21. The summed E-state index contributed by atoms with van der Waals surface area (Å²) < 4.78 is 19.1. The van der Waals surface area contributed by atoms with Crippen LogP contribution in [0.3, 0.4) is 0 Å². The van der Waals surface area contributed by atoms with Gasteiger partial charge in [-0.25, -0.2) is 4.21 Å². The second-order valence-electron chi connectivity index (χ2n) is 7.16. The highest BCUT2D eigenvalue weighted by atomic mass is 32.2. The van der Waals surface area contributed by atoms with Gasteiger partial charge in [0.15, 0.2) is 0 Å². The quantitative estimate of drug-likeness (QED) is 0.556. The van der Waals surface area contributed by atoms with E-state index in [2.05, 4.69) is 18.2 Å². The van der Waals surface area contributed by atoms with Gasteiger partial charge in [-0.3, -0.25) is 0 Å². The molecule has 1 unspecified atom stereocenters. The van der Waals surface area contributed by atoms with Crippen molar-refractivity contribution in [1.29, 1.82) is 0 Å². The second kappa shape index (κ2) is 6.80. The molecule has 0 saturated heterocycles. The average Bonchev–Trinajstić information content (AvgIpc) is 2.97. The lowest BCUT2D eigenvalue weighted by Gasteiger charge is -2.21. The molecule has 3 heteroatoms. The molecule has 3 aromatic rings. The molecule has 0 amide bonds. The average molecular weight is 352 g/mol. The van der Waals surface area contributed by atoms with Gasteiger partial charge in [-0.15, -0.1) is 0 Å². The SMILES string of the molecule is Cc1ccc(S(=O)c2c(C)oc3ccc(C4CCCCC4)cc23)cc1. The maximum atomic E-state index is 13.2. The molecule has 1 aliphatic carbocycles. The number of benzene rings is 2. The third-order valence-corrected chi connectivity index (χ3v) is 6.91. The van der Waals surface area contributed by atoms with Crippen molar-refractivity contribution in [3.63, 3.8) is 0 Å². The van der Waals surface area contributed by atoms with Crippen LogP contribution in [0.1, 0.15) is 54.9 Å². The van der Waals surface area contributed by atoms with E-state index in [0.29, 0.717) is 5.92 Å². The van der Waals surface area contributed by atoms with Crippen LogP contribution < -0.4 is 0 Å². The minimum atomic E-state index is -1.22. The van der Waals surface area contributed by atoms with E-state index in [4.69, 9.17) is 4.42 Å². The van der Waals surface area contributed by atoms with Crippen molar-refractivity contribution in [2.24, 2.45) is 0 Å². The Balaban J connectivity index is 1.78. The van der Waals surface area contributed by atoms with E-state index in [9.17, 15) is 4.21 Å². The largest absolute Gasteiger partial charge is 0.460 e. The van der Waals surface area contributed by atoms with E-state index < -0.39 is 10.8 Å². The van der Waals surface area contributed by atoms with Crippen molar-refractivity contribution < 1.29 is 8.63 Å². The van der Waals surface area contributed by atoms with E-state index in [-0.39, 0.29) is 0 Å². The van der Waals surface area contributed by atoms with Gasteiger partial charge in [-0.2, -0.15) is 0 Å². The number of fused-ring (bicyclic) bond motifs is 1. The zero-order valence-corrected chi connectivity index (χ0v) is 15.7. The Morgan fingerprint density at radius 3 is 2.40 bits per heavy atom. The molecule has 1 aliphatic rings. The number of rotatable bonds is 3. The van der Waals surface area contributed by atoms with Gasteiger partial charge < -0.3 is 4.42 Å². The fraction of sp³-hybridized carbons (Fsp3) is 0.364. The zero-order chi connectivity index (χ0) is 17.4. The lowest BCUT2D eigenvalue weighted by molar-refractivity contribution is 0.444. The van der Waals surface area contributed by atoms with Crippen LogP contribution in [0.25, 0.3) is 11.0 Å². The normalized spacial score (nSPS) is 17.0. The highest BCUT2D eigenvalue weighted by molar-refractivity contribution is 7.85. The summed E-state index contributed by atoms with van der Waals surface area (Å²) in [5, 5.41) is 1.01. The highest BCUT2D eigenvalue weighted by Crippen LogP contribution is 2.37. The van der Waals surface area contributed by atoms with Gasteiger partial charge in [-0.05, 0) is 62.4 Å². The molecule has 1 aromatic heterocycles. The molecule has 0 bridgehead atoms. The number of aryl methyl sites for hydroxylation is 2. The van der Waals surface area contributed by atoms with Gasteiger partial charge in [0.2, 0.25) is 0 Å². The summed E-state index contributed by atoms with van der Waals surface area (Å²) >= 11 is 0. The Bertz CT molecular complexity index is 915. The summed E-state index contributed by atoms with van der Waals surface area (Å²) in [5.74, 6) is 1.39. The van der Waals surface area contributed by atoms with Gasteiger partial charge in [0.1, 0.15) is 11.3 Å². The molecule has 2 aromatic carbocycles. The van der Waals surface area contributed by atoms with Crippen LogP contribution in [-0.2, 0) is 10.8 Å². The smallest absolute Gasteiger partial charge is 0.135 e. The van der Waals surface area contributed by atoms with Crippen LogP contribution in [-0.4, -0.2) is 4.21 Å². The molecular weight excluding hydrogens is 328 g/mol. The van der Waals surface area contributed by atoms with Crippen molar-refractivity contribution in [3.8, 4) is 0 Å². The molecule has 1 saturated carbocycles. The third kappa shape index (κ3) is 3.18. The topological polar surface area (TPSA) is 30.2 Å². The number of hydrogen-bond donors (Lipinski definition) is 0. The van der Waals surface area contributed by atoms with E-state index in [0.717, 1.165) is 26.5 Å². The van der Waals surface area contributed by atoms with E-state index >= 15 is 0 Å². The molecule has 1 fully saturated rings. The molecule has 0 radical (unpaired) electrons. The summed E-state index contributed by atoms with van der Waals surface area (Å²) in [4.78, 5) is 1.66. The first-order valence-electron chi connectivity index (χ1n) is 9.15. The van der Waals surface area contributed by atoms with Crippen LogP contribution >= 0.6 is 0 Å². The summed E-state index contributed by atoms with van der Waals surface area (Å²) in [6, 6.07) is 14.4. The maximum Gasteiger partial charge on any atom is 0.135 e. The summed E-state index contributed by atoms with van der Waals surface area (Å²) in [5.41, 5.74) is 3.39. The molecule has 0 spiro atoms. The molecular formula is C22H24O2S. The molecule has 0 aliphatic heterocycles. The molecule has 0 N–H and O–H groups in total. The first kappa shape index (κ1) is 16.6. The van der Waals surface area contributed by atoms with Crippen LogP contribution in [0.2, 0.25) is 0 Å². The monoisotopic (exact) mass is 352 g/mol. The fourth-order valence-electron chi connectivity index (χ4n) is 3.91. The van der Waals surface area contributed by atoms with Crippen LogP contribution in [0.15, 0.2) is 56.7 Å². The van der Waals surface area contributed by atoms with Gasteiger partial charge in [0, 0.05) is 10.3 Å². The predicted molar refractivity (Wildman–Crippen MR) is 103 cm³/mol. The Kier molecular flexibility index (Phi) is 4.51. The van der Waals surface area contributed by atoms with Gasteiger partial charge in [-0.1, -0.05) is 43.0 Å². The van der Waals surface area contributed by atoms with Crippen molar-refractivity contribution in [3.05, 3.63) is 59.4 Å².